The fourth-order valence-corrected chi connectivity index (χ4v) is 2.50. The zero-order chi connectivity index (χ0) is 15.0. The van der Waals surface area contributed by atoms with Crippen LogP contribution in [0.15, 0.2) is 6.07 Å². The monoisotopic (exact) mass is 281 g/mol. The summed E-state index contributed by atoms with van der Waals surface area (Å²) >= 11 is 0. The van der Waals surface area contributed by atoms with Crippen LogP contribution in [0.25, 0.3) is 0 Å². The maximum Gasteiger partial charge on any atom is 0.0624 e. The average Bonchev–Trinajstić information content (AvgIpc) is 2.86. The van der Waals surface area contributed by atoms with Crippen LogP contribution >= 0.6 is 0 Å². The highest BCUT2D eigenvalue weighted by atomic mass is 16.5. The Labute approximate surface area is 123 Å². The van der Waals surface area contributed by atoms with E-state index < -0.39 is 0 Å². The van der Waals surface area contributed by atoms with Gasteiger partial charge in [-0.05, 0) is 45.7 Å². The third kappa shape index (κ3) is 5.25. The van der Waals surface area contributed by atoms with Gasteiger partial charge in [0.05, 0.1) is 11.8 Å². The Morgan fingerprint density at radius 1 is 1.30 bits per heavy atom. The molecule has 1 heterocycles. The van der Waals surface area contributed by atoms with Crippen LogP contribution in [0.1, 0.15) is 51.9 Å². The van der Waals surface area contributed by atoms with Gasteiger partial charge in [0.25, 0.3) is 0 Å². The molecule has 0 bridgehead atoms. The smallest absolute Gasteiger partial charge is 0.0624 e. The second kappa shape index (κ2) is 9.14. The van der Waals surface area contributed by atoms with Crippen molar-refractivity contribution in [3.05, 3.63) is 17.5 Å². The lowest BCUT2D eigenvalue weighted by molar-refractivity contribution is 0.106. The van der Waals surface area contributed by atoms with E-state index >= 15 is 0 Å². The second-order valence-corrected chi connectivity index (χ2v) is 5.38. The highest BCUT2D eigenvalue weighted by Gasteiger charge is 2.14. The van der Waals surface area contributed by atoms with Gasteiger partial charge in [-0.2, -0.15) is 5.10 Å². The lowest BCUT2D eigenvalue weighted by Gasteiger charge is -2.20. The van der Waals surface area contributed by atoms with Gasteiger partial charge in [-0.25, -0.2) is 0 Å². The van der Waals surface area contributed by atoms with Gasteiger partial charge >= 0.3 is 0 Å². The summed E-state index contributed by atoms with van der Waals surface area (Å²) in [6, 6.07) is 2.76. The van der Waals surface area contributed by atoms with E-state index in [2.05, 4.69) is 48.9 Å². The molecular formula is C16H31N3O. The number of nitrogens with zero attached hydrogens (tertiary/aromatic N) is 2. The number of nitrogens with one attached hydrogen (secondary N) is 1. The number of methoxy groups -OCH3 is 1. The van der Waals surface area contributed by atoms with Crippen LogP contribution in [0.5, 0.6) is 0 Å². The van der Waals surface area contributed by atoms with Crippen LogP contribution in [0.4, 0.5) is 0 Å². The van der Waals surface area contributed by atoms with Gasteiger partial charge in [0.15, 0.2) is 0 Å². The normalized spacial score (nSPS) is 14.4. The summed E-state index contributed by atoms with van der Waals surface area (Å²) in [4.78, 5) is 0. The Morgan fingerprint density at radius 3 is 2.60 bits per heavy atom. The van der Waals surface area contributed by atoms with Crippen molar-refractivity contribution >= 4 is 0 Å². The van der Waals surface area contributed by atoms with Gasteiger partial charge in [0, 0.05) is 31.8 Å². The lowest BCUT2D eigenvalue weighted by atomic mass is 10.0. The van der Waals surface area contributed by atoms with Crippen LogP contribution in [-0.2, 0) is 24.1 Å². The minimum absolute atomic E-state index is 0.332. The van der Waals surface area contributed by atoms with Crippen molar-refractivity contribution in [2.75, 3.05) is 13.7 Å². The summed E-state index contributed by atoms with van der Waals surface area (Å²) in [5.41, 5.74) is 2.54. The zero-order valence-electron chi connectivity index (χ0n) is 13.8. The molecule has 0 aromatic carbocycles. The van der Waals surface area contributed by atoms with E-state index in [0.29, 0.717) is 12.1 Å². The number of rotatable bonds is 10. The topological polar surface area (TPSA) is 39.1 Å². The van der Waals surface area contributed by atoms with E-state index in [9.17, 15) is 0 Å². The second-order valence-electron chi connectivity index (χ2n) is 5.38. The van der Waals surface area contributed by atoms with E-state index in [1.807, 2.05) is 0 Å². The number of ether oxygens (including phenoxy) is 1. The number of aromatic nitrogens is 2. The molecule has 0 spiro atoms. The van der Waals surface area contributed by atoms with Crippen LogP contribution < -0.4 is 5.32 Å². The van der Waals surface area contributed by atoms with E-state index in [-0.39, 0.29) is 0 Å². The molecule has 20 heavy (non-hydrogen) atoms. The highest BCUT2D eigenvalue weighted by Crippen LogP contribution is 2.13. The fourth-order valence-electron chi connectivity index (χ4n) is 2.50. The Balaban J connectivity index is 2.66. The Kier molecular flexibility index (Phi) is 7.85. The van der Waals surface area contributed by atoms with Crippen molar-refractivity contribution < 1.29 is 4.74 Å². The van der Waals surface area contributed by atoms with Gasteiger partial charge in [-0.3, -0.25) is 4.68 Å². The first kappa shape index (κ1) is 17.2. The van der Waals surface area contributed by atoms with Gasteiger partial charge in [-0.15, -0.1) is 0 Å². The fraction of sp³-hybridized carbons (Fsp3) is 0.812. The average molecular weight is 281 g/mol. The van der Waals surface area contributed by atoms with E-state index in [4.69, 9.17) is 4.74 Å². The Hall–Kier alpha value is -0.870. The summed E-state index contributed by atoms with van der Waals surface area (Å²) in [6.07, 6.45) is 4.62. The number of aryl methyl sites for hydroxylation is 2. The SMILES string of the molecule is CCNC(CCC(C)OC)Cc1cc(CC)nn1CC. The predicted molar refractivity (Wildman–Crippen MR) is 84.2 cm³/mol. The maximum atomic E-state index is 5.35. The summed E-state index contributed by atoms with van der Waals surface area (Å²) in [5.74, 6) is 0. The molecule has 1 aromatic heterocycles. The molecule has 4 heteroatoms. The van der Waals surface area contributed by atoms with Crippen LogP contribution in [0.3, 0.4) is 0 Å². The lowest BCUT2D eigenvalue weighted by Crippen LogP contribution is -2.32. The van der Waals surface area contributed by atoms with Gasteiger partial charge < -0.3 is 10.1 Å². The molecule has 0 amide bonds. The molecule has 1 N–H and O–H groups in total. The maximum absolute atomic E-state index is 5.35. The standard InChI is InChI=1S/C16H31N3O/c1-6-14-11-16(19(8-3)18-14)12-15(17-7-2)10-9-13(4)20-5/h11,13,15,17H,6-10,12H2,1-5H3. The number of hydrogen-bond donors (Lipinski definition) is 1. The third-order valence-electron chi connectivity index (χ3n) is 3.85. The molecule has 116 valence electrons. The molecule has 4 nitrogen and oxygen atoms in total. The predicted octanol–water partition coefficient (Wildman–Crippen LogP) is 2.80. The molecule has 0 fully saturated rings. The molecule has 0 radical (unpaired) electrons. The molecule has 0 aliphatic heterocycles. The van der Waals surface area contributed by atoms with Gasteiger partial charge in [-0.1, -0.05) is 13.8 Å². The van der Waals surface area contributed by atoms with Crippen molar-refractivity contribution in [3.8, 4) is 0 Å². The van der Waals surface area contributed by atoms with Crippen LogP contribution in [0.2, 0.25) is 0 Å². The molecule has 0 aliphatic carbocycles. The van der Waals surface area contributed by atoms with Crippen molar-refractivity contribution in [1.29, 1.82) is 0 Å². The van der Waals surface area contributed by atoms with Crippen LogP contribution in [0, 0.1) is 0 Å². The zero-order valence-corrected chi connectivity index (χ0v) is 13.8. The molecule has 2 atom stereocenters. The van der Waals surface area contributed by atoms with Gasteiger partial charge in [0.1, 0.15) is 0 Å². The molecule has 0 aliphatic rings. The summed E-state index contributed by atoms with van der Waals surface area (Å²) < 4.78 is 7.49. The first-order valence-electron chi connectivity index (χ1n) is 7.96. The van der Waals surface area contributed by atoms with E-state index in [1.165, 1.54) is 11.4 Å². The van der Waals surface area contributed by atoms with Crippen molar-refractivity contribution in [3.63, 3.8) is 0 Å². The number of likely N-dealkylation sites (N-methyl/N-ethyl adjacent to an activating group) is 1. The van der Waals surface area contributed by atoms with Crippen molar-refractivity contribution in [1.82, 2.24) is 15.1 Å². The minimum atomic E-state index is 0.332. The third-order valence-corrected chi connectivity index (χ3v) is 3.85. The highest BCUT2D eigenvalue weighted by molar-refractivity contribution is 5.12. The Morgan fingerprint density at radius 2 is 2.05 bits per heavy atom. The summed E-state index contributed by atoms with van der Waals surface area (Å²) in [6.45, 7) is 10.6. The summed E-state index contributed by atoms with van der Waals surface area (Å²) in [5, 5.41) is 8.23. The van der Waals surface area contributed by atoms with E-state index in [1.54, 1.807) is 7.11 Å². The molecule has 2 unspecified atom stereocenters. The molecular weight excluding hydrogens is 250 g/mol. The Bertz CT molecular complexity index is 376. The quantitative estimate of drug-likeness (QED) is 0.717. The summed E-state index contributed by atoms with van der Waals surface area (Å²) in [7, 11) is 1.78. The van der Waals surface area contributed by atoms with Gasteiger partial charge in [0.2, 0.25) is 0 Å². The van der Waals surface area contributed by atoms with Crippen molar-refractivity contribution in [2.24, 2.45) is 0 Å². The molecule has 1 aromatic rings. The number of hydrogen-bond acceptors (Lipinski definition) is 3. The van der Waals surface area contributed by atoms with Crippen molar-refractivity contribution in [2.45, 2.75) is 72.1 Å². The first-order valence-corrected chi connectivity index (χ1v) is 7.96. The first-order chi connectivity index (χ1) is 9.64. The molecule has 0 saturated carbocycles. The largest absolute Gasteiger partial charge is 0.382 e. The molecule has 1 rings (SSSR count). The minimum Gasteiger partial charge on any atom is -0.382 e. The molecule has 0 saturated heterocycles. The van der Waals surface area contributed by atoms with E-state index in [0.717, 1.165) is 38.8 Å². The van der Waals surface area contributed by atoms with Crippen LogP contribution in [-0.4, -0.2) is 35.6 Å².